The SMILES string of the molecule is CN(C)CC/C=C1\C2=C(C=CC1CC(=O)O)OCc1ccccc1C2. The lowest BCUT2D eigenvalue weighted by atomic mass is 9.81. The van der Waals surface area contributed by atoms with Crippen LogP contribution in [0.3, 0.4) is 0 Å². The predicted molar refractivity (Wildman–Crippen MR) is 98.1 cm³/mol. The molecule has 0 bridgehead atoms. The minimum Gasteiger partial charge on any atom is -0.489 e. The number of hydrogen-bond donors (Lipinski definition) is 1. The zero-order valence-corrected chi connectivity index (χ0v) is 14.9. The molecule has 0 saturated carbocycles. The van der Waals surface area contributed by atoms with Gasteiger partial charge in [0.1, 0.15) is 12.4 Å². The molecule has 1 unspecified atom stereocenters. The number of ether oxygens (including phenoxy) is 1. The molecule has 0 aromatic heterocycles. The molecule has 4 heteroatoms. The van der Waals surface area contributed by atoms with Crippen LogP contribution < -0.4 is 0 Å². The van der Waals surface area contributed by atoms with Gasteiger partial charge in [-0.2, -0.15) is 0 Å². The molecular weight excluding hydrogens is 314 g/mol. The van der Waals surface area contributed by atoms with Gasteiger partial charge in [-0.1, -0.05) is 36.4 Å². The summed E-state index contributed by atoms with van der Waals surface area (Å²) in [6, 6.07) is 8.31. The lowest BCUT2D eigenvalue weighted by Crippen LogP contribution is -2.17. The van der Waals surface area contributed by atoms with E-state index in [4.69, 9.17) is 4.74 Å². The maximum atomic E-state index is 11.3. The van der Waals surface area contributed by atoms with E-state index < -0.39 is 5.97 Å². The molecule has 1 aromatic rings. The van der Waals surface area contributed by atoms with Gasteiger partial charge in [0.15, 0.2) is 0 Å². The summed E-state index contributed by atoms with van der Waals surface area (Å²) in [6.45, 7) is 1.50. The average molecular weight is 339 g/mol. The van der Waals surface area contributed by atoms with Gasteiger partial charge in [0, 0.05) is 24.5 Å². The first-order valence-corrected chi connectivity index (χ1v) is 8.72. The Kier molecular flexibility index (Phi) is 5.39. The van der Waals surface area contributed by atoms with Crippen molar-refractivity contribution in [3.8, 4) is 0 Å². The number of rotatable bonds is 5. The number of carboxylic acids is 1. The van der Waals surface area contributed by atoms with E-state index in [9.17, 15) is 9.90 Å². The predicted octanol–water partition coefficient (Wildman–Crippen LogP) is 3.55. The average Bonchev–Trinajstić information content (AvgIpc) is 2.75. The third-order valence-corrected chi connectivity index (χ3v) is 4.73. The van der Waals surface area contributed by atoms with Crippen molar-refractivity contribution in [1.29, 1.82) is 0 Å². The highest BCUT2D eigenvalue weighted by molar-refractivity contribution is 5.69. The van der Waals surface area contributed by atoms with E-state index in [2.05, 4.69) is 23.1 Å². The van der Waals surface area contributed by atoms with Crippen molar-refractivity contribution in [1.82, 2.24) is 4.90 Å². The van der Waals surface area contributed by atoms with Gasteiger partial charge in [-0.3, -0.25) is 4.79 Å². The molecule has 0 spiro atoms. The fourth-order valence-electron chi connectivity index (χ4n) is 3.43. The third-order valence-electron chi connectivity index (χ3n) is 4.73. The fraction of sp³-hybridized carbons (Fsp3) is 0.381. The molecule has 1 aromatic carbocycles. The van der Waals surface area contributed by atoms with Gasteiger partial charge in [0.2, 0.25) is 0 Å². The van der Waals surface area contributed by atoms with E-state index >= 15 is 0 Å². The number of hydrogen-bond acceptors (Lipinski definition) is 3. The molecule has 0 amide bonds. The molecule has 0 radical (unpaired) electrons. The van der Waals surface area contributed by atoms with E-state index in [1.165, 1.54) is 11.1 Å². The quantitative estimate of drug-likeness (QED) is 0.891. The summed E-state index contributed by atoms with van der Waals surface area (Å²) in [5.41, 5.74) is 4.71. The smallest absolute Gasteiger partial charge is 0.304 e. The summed E-state index contributed by atoms with van der Waals surface area (Å²) >= 11 is 0. The van der Waals surface area contributed by atoms with Crippen molar-refractivity contribution in [2.45, 2.75) is 25.9 Å². The minimum absolute atomic E-state index is 0.0905. The van der Waals surface area contributed by atoms with Crippen molar-refractivity contribution in [2.24, 2.45) is 5.92 Å². The van der Waals surface area contributed by atoms with Gasteiger partial charge < -0.3 is 14.7 Å². The highest BCUT2D eigenvalue weighted by atomic mass is 16.5. The van der Waals surface area contributed by atoms with Gasteiger partial charge >= 0.3 is 5.97 Å². The molecule has 1 heterocycles. The van der Waals surface area contributed by atoms with Crippen LogP contribution in [0.2, 0.25) is 0 Å². The maximum Gasteiger partial charge on any atom is 0.304 e. The summed E-state index contributed by atoms with van der Waals surface area (Å²) < 4.78 is 6.04. The van der Waals surface area contributed by atoms with Crippen LogP contribution in [-0.2, 0) is 22.6 Å². The first kappa shape index (κ1) is 17.5. The highest BCUT2D eigenvalue weighted by Gasteiger charge is 2.27. The molecule has 4 nitrogen and oxygen atoms in total. The number of allylic oxidation sites excluding steroid dienone is 4. The Morgan fingerprint density at radius 2 is 2.08 bits per heavy atom. The van der Waals surface area contributed by atoms with Crippen molar-refractivity contribution in [3.05, 3.63) is 70.5 Å². The number of aliphatic carboxylic acids is 1. The van der Waals surface area contributed by atoms with Crippen LogP contribution in [-0.4, -0.2) is 36.6 Å². The Hall–Kier alpha value is -2.33. The minimum atomic E-state index is -0.771. The first-order valence-electron chi connectivity index (χ1n) is 8.72. The van der Waals surface area contributed by atoms with E-state index in [0.717, 1.165) is 36.3 Å². The summed E-state index contributed by atoms with van der Waals surface area (Å²) in [5, 5.41) is 9.29. The maximum absolute atomic E-state index is 11.3. The van der Waals surface area contributed by atoms with Gasteiger partial charge in [0.05, 0.1) is 6.42 Å². The first-order chi connectivity index (χ1) is 12.0. The lowest BCUT2D eigenvalue weighted by molar-refractivity contribution is -0.137. The summed E-state index contributed by atoms with van der Waals surface area (Å²) in [7, 11) is 4.09. The molecule has 0 fully saturated rings. The zero-order valence-electron chi connectivity index (χ0n) is 14.9. The van der Waals surface area contributed by atoms with Crippen LogP contribution in [0, 0.1) is 5.92 Å². The van der Waals surface area contributed by atoms with Crippen LogP contribution in [0.15, 0.2) is 59.4 Å². The van der Waals surface area contributed by atoms with Crippen molar-refractivity contribution in [3.63, 3.8) is 0 Å². The molecule has 1 aliphatic heterocycles. The molecule has 132 valence electrons. The van der Waals surface area contributed by atoms with Gasteiger partial charge in [-0.15, -0.1) is 0 Å². The summed E-state index contributed by atoms with van der Waals surface area (Å²) in [6.07, 6.45) is 7.93. The van der Waals surface area contributed by atoms with E-state index in [1.54, 1.807) is 0 Å². The van der Waals surface area contributed by atoms with Crippen LogP contribution in [0.1, 0.15) is 24.0 Å². The molecule has 1 atom stereocenters. The fourth-order valence-corrected chi connectivity index (χ4v) is 3.43. The molecule has 25 heavy (non-hydrogen) atoms. The van der Waals surface area contributed by atoms with E-state index in [0.29, 0.717) is 6.61 Å². The summed E-state index contributed by atoms with van der Waals surface area (Å²) in [4.78, 5) is 13.4. The van der Waals surface area contributed by atoms with Crippen LogP contribution in [0.25, 0.3) is 0 Å². The number of benzene rings is 1. The highest BCUT2D eigenvalue weighted by Crippen LogP contribution is 2.37. The van der Waals surface area contributed by atoms with Crippen LogP contribution in [0.5, 0.6) is 0 Å². The third kappa shape index (κ3) is 4.20. The van der Waals surface area contributed by atoms with E-state index in [1.807, 2.05) is 38.4 Å². The normalized spacial score (nSPS) is 20.9. The molecule has 2 aliphatic rings. The molecular formula is C21H25NO3. The molecule has 3 rings (SSSR count). The second-order valence-electron chi connectivity index (χ2n) is 6.89. The number of carbonyl (C=O) groups is 1. The topological polar surface area (TPSA) is 49.8 Å². The Bertz CT molecular complexity index is 743. The zero-order chi connectivity index (χ0) is 17.8. The Labute approximate surface area is 149 Å². The molecule has 1 N–H and O–H groups in total. The largest absolute Gasteiger partial charge is 0.489 e. The van der Waals surface area contributed by atoms with Gasteiger partial charge in [-0.25, -0.2) is 0 Å². The standard InChI is InChI=1S/C21H25NO3/c1-22(2)11-5-8-18-16(13-21(23)24)9-10-20-19(18)12-15-6-3-4-7-17(15)14-25-20/h3-4,6-10,16H,5,11-14H2,1-2H3,(H,23,24)/b18-8-. The molecule has 1 aliphatic carbocycles. The van der Waals surface area contributed by atoms with Crippen molar-refractivity contribution < 1.29 is 14.6 Å². The van der Waals surface area contributed by atoms with Gasteiger partial charge in [0.25, 0.3) is 0 Å². The monoisotopic (exact) mass is 339 g/mol. The Balaban J connectivity index is 1.94. The van der Waals surface area contributed by atoms with Crippen LogP contribution in [0.4, 0.5) is 0 Å². The second kappa shape index (κ2) is 7.70. The lowest BCUT2D eigenvalue weighted by Gasteiger charge is -2.24. The van der Waals surface area contributed by atoms with Crippen LogP contribution >= 0.6 is 0 Å². The Morgan fingerprint density at radius 1 is 1.32 bits per heavy atom. The van der Waals surface area contributed by atoms with Gasteiger partial charge in [-0.05, 0) is 43.3 Å². The number of nitrogens with zero attached hydrogens (tertiary/aromatic N) is 1. The summed E-state index contributed by atoms with van der Waals surface area (Å²) in [5.74, 6) is 0.0216. The Morgan fingerprint density at radius 3 is 2.80 bits per heavy atom. The van der Waals surface area contributed by atoms with Crippen molar-refractivity contribution in [2.75, 3.05) is 20.6 Å². The van der Waals surface area contributed by atoms with E-state index in [-0.39, 0.29) is 12.3 Å². The number of fused-ring (bicyclic) bond motifs is 1. The molecule has 0 saturated heterocycles. The van der Waals surface area contributed by atoms with Crippen molar-refractivity contribution >= 4 is 5.97 Å². The number of carboxylic acid groups (broad SMARTS) is 1. The second-order valence-corrected chi connectivity index (χ2v) is 6.89.